The van der Waals surface area contributed by atoms with Crippen molar-refractivity contribution >= 4 is 14.5 Å². The van der Waals surface area contributed by atoms with Crippen molar-refractivity contribution in [2.24, 2.45) is 4.99 Å². The average molecular weight is 312 g/mol. The lowest BCUT2D eigenvalue weighted by Crippen LogP contribution is -2.29. The van der Waals surface area contributed by atoms with E-state index >= 15 is 0 Å². The summed E-state index contributed by atoms with van der Waals surface area (Å²) in [7, 11) is -1.63. The van der Waals surface area contributed by atoms with Gasteiger partial charge in [0.2, 0.25) is 8.32 Å². The van der Waals surface area contributed by atoms with Crippen LogP contribution in [0.1, 0.15) is 25.0 Å². The number of rotatable bonds is 5. The molecule has 0 N–H and O–H groups in total. The molecule has 22 heavy (non-hydrogen) atoms. The predicted octanol–water partition coefficient (Wildman–Crippen LogP) is 5.25. The fourth-order valence-corrected chi connectivity index (χ4v) is 3.01. The van der Waals surface area contributed by atoms with E-state index in [9.17, 15) is 0 Å². The van der Waals surface area contributed by atoms with Gasteiger partial charge in [-0.2, -0.15) is 0 Å². The fraction of sp³-hybridized carbons (Fsp3) is 0.316. The minimum Gasteiger partial charge on any atom is -0.544 e. The van der Waals surface area contributed by atoms with Crippen LogP contribution in [0.4, 0.5) is 0 Å². The Morgan fingerprint density at radius 1 is 0.909 bits per heavy atom. The molecule has 0 spiro atoms. The van der Waals surface area contributed by atoms with Gasteiger partial charge in [-0.1, -0.05) is 42.5 Å². The second kappa shape index (κ2) is 6.49. The summed E-state index contributed by atoms with van der Waals surface area (Å²) in [4.78, 5) is 4.80. The molecular formula is C19H25NOSi. The molecule has 0 saturated carbocycles. The summed E-state index contributed by atoms with van der Waals surface area (Å²) in [5.41, 5.74) is 1.98. The summed E-state index contributed by atoms with van der Waals surface area (Å²) in [6.45, 7) is 10.8. The van der Waals surface area contributed by atoms with Gasteiger partial charge in [0.05, 0.1) is 5.54 Å². The van der Waals surface area contributed by atoms with E-state index in [1.54, 1.807) is 0 Å². The van der Waals surface area contributed by atoms with E-state index in [4.69, 9.17) is 9.42 Å². The molecule has 0 unspecified atom stereocenters. The lowest BCUT2D eigenvalue weighted by Gasteiger charge is -2.22. The van der Waals surface area contributed by atoms with Gasteiger partial charge in [0.25, 0.3) is 0 Å². The Balaban J connectivity index is 2.27. The lowest BCUT2D eigenvalue weighted by molar-refractivity contribution is 0.552. The minimum atomic E-state index is -1.63. The highest BCUT2D eigenvalue weighted by Gasteiger charge is 2.19. The number of hydrogen-bond acceptors (Lipinski definition) is 2. The van der Waals surface area contributed by atoms with Crippen LogP contribution >= 0.6 is 0 Å². The molecule has 0 fully saturated rings. The smallest absolute Gasteiger partial charge is 0.242 e. The lowest BCUT2D eigenvalue weighted by atomic mass is 9.95. The molecule has 2 rings (SSSR count). The molecule has 0 aromatic heterocycles. The maximum atomic E-state index is 6.15. The van der Waals surface area contributed by atoms with Crippen LogP contribution in [0.2, 0.25) is 19.6 Å². The topological polar surface area (TPSA) is 21.6 Å². The molecule has 0 atom stereocenters. The molecule has 0 radical (unpaired) electrons. The Morgan fingerprint density at radius 2 is 1.50 bits per heavy atom. The van der Waals surface area contributed by atoms with E-state index in [1.165, 1.54) is 5.56 Å². The zero-order valence-electron chi connectivity index (χ0n) is 14.1. The van der Waals surface area contributed by atoms with Crippen molar-refractivity contribution < 1.29 is 4.43 Å². The Labute approximate surface area is 135 Å². The minimum absolute atomic E-state index is 0.256. The maximum absolute atomic E-state index is 6.15. The van der Waals surface area contributed by atoms with Crippen molar-refractivity contribution in [1.82, 2.24) is 0 Å². The molecule has 2 aromatic carbocycles. The summed E-state index contributed by atoms with van der Waals surface area (Å²) < 4.78 is 6.15. The standard InChI is InChI=1S/C19H25NOSi/c1-19(2,17-12-7-6-8-13-17)20-15-16-11-9-10-14-18(16)21-22(3,4)5/h6-15H,1-5H3. The average Bonchev–Trinajstić information content (AvgIpc) is 2.46. The van der Waals surface area contributed by atoms with Gasteiger partial charge < -0.3 is 4.43 Å². The van der Waals surface area contributed by atoms with Gasteiger partial charge in [-0.05, 0) is 51.2 Å². The van der Waals surface area contributed by atoms with Crippen molar-refractivity contribution in [1.29, 1.82) is 0 Å². The third-order valence-electron chi connectivity index (χ3n) is 3.34. The molecule has 2 nitrogen and oxygen atoms in total. The Bertz CT molecular complexity index is 642. The first-order valence-electron chi connectivity index (χ1n) is 7.67. The molecule has 0 bridgehead atoms. The van der Waals surface area contributed by atoms with Gasteiger partial charge in [-0.25, -0.2) is 0 Å². The van der Waals surface area contributed by atoms with Crippen LogP contribution in [0.3, 0.4) is 0 Å². The first kappa shape index (κ1) is 16.5. The van der Waals surface area contributed by atoms with Crippen molar-refractivity contribution in [3.05, 3.63) is 65.7 Å². The summed E-state index contributed by atoms with van der Waals surface area (Å²) in [5.74, 6) is 0.925. The number of aliphatic imine (C=N–C) groups is 1. The first-order chi connectivity index (χ1) is 10.3. The normalized spacial score (nSPS) is 12.6. The largest absolute Gasteiger partial charge is 0.544 e. The fourth-order valence-electron chi connectivity index (χ4n) is 2.16. The van der Waals surface area contributed by atoms with Crippen LogP contribution in [-0.4, -0.2) is 14.5 Å². The zero-order valence-corrected chi connectivity index (χ0v) is 15.1. The van der Waals surface area contributed by atoms with E-state index < -0.39 is 8.32 Å². The quantitative estimate of drug-likeness (QED) is 0.545. The summed E-state index contributed by atoms with van der Waals surface area (Å²) in [6, 6.07) is 18.5. The summed E-state index contributed by atoms with van der Waals surface area (Å²) >= 11 is 0. The van der Waals surface area contributed by atoms with E-state index in [0.29, 0.717) is 0 Å². The van der Waals surface area contributed by atoms with Crippen molar-refractivity contribution in [3.8, 4) is 5.75 Å². The number of hydrogen-bond donors (Lipinski definition) is 0. The number of para-hydroxylation sites is 1. The summed E-state index contributed by atoms with van der Waals surface area (Å²) in [5, 5.41) is 0. The third-order valence-corrected chi connectivity index (χ3v) is 4.17. The second-order valence-electron chi connectivity index (χ2n) is 6.94. The van der Waals surface area contributed by atoms with E-state index in [2.05, 4.69) is 63.8 Å². The zero-order chi connectivity index (χ0) is 16.2. The monoisotopic (exact) mass is 311 g/mol. The van der Waals surface area contributed by atoms with E-state index in [-0.39, 0.29) is 5.54 Å². The van der Waals surface area contributed by atoms with Crippen LogP contribution in [0.25, 0.3) is 0 Å². The Hall–Kier alpha value is -1.87. The second-order valence-corrected chi connectivity index (χ2v) is 11.4. The Morgan fingerprint density at radius 3 is 2.14 bits per heavy atom. The van der Waals surface area contributed by atoms with E-state index in [1.807, 2.05) is 30.5 Å². The maximum Gasteiger partial charge on any atom is 0.242 e. The molecule has 3 heteroatoms. The van der Waals surface area contributed by atoms with Gasteiger partial charge in [-0.3, -0.25) is 4.99 Å². The van der Waals surface area contributed by atoms with Crippen LogP contribution in [0.15, 0.2) is 59.6 Å². The van der Waals surface area contributed by atoms with Crippen molar-refractivity contribution in [2.75, 3.05) is 0 Å². The third kappa shape index (κ3) is 4.57. The number of nitrogens with zero attached hydrogens (tertiary/aromatic N) is 1. The summed E-state index contributed by atoms with van der Waals surface area (Å²) in [6.07, 6.45) is 1.93. The molecule has 0 aliphatic heterocycles. The van der Waals surface area contributed by atoms with Crippen LogP contribution < -0.4 is 4.43 Å². The molecule has 0 saturated heterocycles. The van der Waals surface area contributed by atoms with Crippen LogP contribution in [-0.2, 0) is 5.54 Å². The highest BCUT2D eigenvalue weighted by atomic mass is 28.4. The molecule has 0 heterocycles. The highest BCUT2D eigenvalue weighted by Crippen LogP contribution is 2.26. The molecule has 2 aromatic rings. The van der Waals surface area contributed by atoms with Crippen molar-refractivity contribution in [3.63, 3.8) is 0 Å². The molecule has 0 aliphatic carbocycles. The number of benzene rings is 2. The van der Waals surface area contributed by atoms with Crippen LogP contribution in [0, 0.1) is 0 Å². The molecular weight excluding hydrogens is 286 g/mol. The van der Waals surface area contributed by atoms with Gasteiger partial charge in [0, 0.05) is 11.8 Å². The molecule has 0 amide bonds. The van der Waals surface area contributed by atoms with Gasteiger partial charge in [-0.15, -0.1) is 0 Å². The van der Waals surface area contributed by atoms with E-state index in [0.717, 1.165) is 11.3 Å². The molecule has 116 valence electrons. The first-order valence-corrected chi connectivity index (χ1v) is 11.1. The Kier molecular flexibility index (Phi) is 4.86. The van der Waals surface area contributed by atoms with Crippen LogP contribution in [0.5, 0.6) is 5.75 Å². The highest BCUT2D eigenvalue weighted by molar-refractivity contribution is 6.70. The van der Waals surface area contributed by atoms with Gasteiger partial charge >= 0.3 is 0 Å². The van der Waals surface area contributed by atoms with Crippen molar-refractivity contribution in [2.45, 2.75) is 39.0 Å². The predicted molar refractivity (Wildman–Crippen MR) is 97.5 cm³/mol. The van der Waals surface area contributed by atoms with Gasteiger partial charge in [0.15, 0.2) is 0 Å². The SMILES string of the molecule is CC(C)(N=Cc1ccccc1O[Si](C)(C)C)c1ccccc1. The van der Waals surface area contributed by atoms with Gasteiger partial charge in [0.1, 0.15) is 5.75 Å². The molecule has 0 aliphatic rings.